The molecule has 1 amide bonds. The number of hydrogen-bond donors (Lipinski definition) is 1. The first-order valence-corrected chi connectivity index (χ1v) is 6.19. The van der Waals surface area contributed by atoms with E-state index in [0.29, 0.717) is 30.3 Å². The molecule has 6 heteroatoms. The van der Waals surface area contributed by atoms with Crippen LogP contribution in [0.2, 0.25) is 0 Å². The first-order valence-electron chi connectivity index (χ1n) is 5.66. The largest absolute Gasteiger partial charge is 0.479 e. The molecular formula is C12H18ClN3O2. The topological polar surface area (TPSA) is 54.5 Å². The third-order valence-corrected chi connectivity index (χ3v) is 2.64. The fraction of sp³-hybridized carbons (Fsp3) is 0.500. The summed E-state index contributed by atoms with van der Waals surface area (Å²) < 4.78 is 5.16. The second kappa shape index (κ2) is 7.06. The van der Waals surface area contributed by atoms with Crippen LogP contribution in [0.15, 0.2) is 12.3 Å². The summed E-state index contributed by atoms with van der Waals surface area (Å²) in [5.41, 5.74) is 1.44. The summed E-state index contributed by atoms with van der Waals surface area (Å²) in [6.07, 6.45) is 2.67. The van der Waals surface area contributed by atoms with Gasteiger partial charge in [-0.15, -0.1) is 11.6 Å². The van der Waals surface area contributed by atoms with Crippen molar-refractivity contribution in [3.8, 4) is 5.88 Å². The maximum absolute atomic E-state index is 11.7. The summed E-state index contributed by atoms with van der Waals surface area (Å²) in [6, 6.07) is 1.82. The zero-order valence-corrected chi connectivity index (χ0v) is 11.6. The molecule has 0 fully saturated rings. The monoisotopic (exact) mass is 271 g/mol. The molecule has 0 saturated carbocycles. The van der Waals surface area contributed by atoms with Gasteiger partial charge in [-0.3, -0.25) is 4.79 Å². The summed E-state index contributed by atoms with van der Waals surface area (Å²) in [5, 5.41) is 2.82. The van der Waals surface area contributed by atoms with E-state index < -0.39 is 0 Å². The number of amides is 1. The molecule has 0 aliphatic carbocycles. The van der Waals surface area contributed by atoms with Crippen LogP contribution in [-0.4, -0.2) is 38.0 Å². The Morgan fingerprint density at radius 3 is 2.83 bits per heavy atom. The Kier molecular flexibility index (Phi) is 5.71. The molecule has 1 aromatic rings. The van der Waals surface area contributed by atoms with Gasteiger partial charge in [-0.2, -0.15) is 0 Å². The third kappa shape index (κ3) is 3.77. The molecule has 18 heavy (non-hydrogen) atoms. The van der Waals surface area contributed by atoms with Crippen LogP contribution in [0.4, 0.5) is 11.4 Å². The van der Waals surface area contributed by atoms with Crippen molar-refractivity contribution in [1.29, 1.82) is 0 Å². The number of aromatic nitrogens is 1. The number of nitrogens with one attached hydrogen (secondary N) is 1. The number of nitrogens with zero attached hydrogens (tertiary/aromatic N) is 2. The quantitative estimate of drug-likeness (QED) is 0.805. The lowest BCUT2D eigenvalue weighted by Crippen LogP contribution is -2.17. The molecule has 1 N–H and O–H groups in total. The maximum Gasteiger partial charge on any atom is 0.239 e. The van der Waals surface area contributed by atoms with E-state index in [0.717, 1.165) is 5.69 Å². The number of methoxy groups -OCH3 is 1. The maximum atomic E-state index is 11.7. The van der Waals surface area contributed by atoms with Crippen LogP contribution in [-0.2, 0) is 4.79 Å². The summed E-state index contributed by atoms with van der Waals surface area (Å²) in [5.74, 6) is 0.781. The molecule has 5 nitrogen and oxygen atoms in total. The van der Waals surface area contributed by atoms with Crippen LogP contribution in [0.1, 0.15) is 12.8 Å². The average molecular weight is 272 g/mol. The second-order valence-electron chi connectivity index (χ2n) is 3.95. The number of hydrogen-bond acceptors (Lipinski definition) is 4. The lowest BCUT2D eigenvalue weighted by atomic mass is 10.2. The Bertz CT molecular complexity index is 410. The number of alkyl halides is 1. The van der Waals surface area contributed by atoms with Gasteiger partial charge in [-0.25, -0.2) is 4.98 Å². The average Bonchev–Trinajstić information content (AvgIpc) is 2.36. The zero-order chi connectivity index (χ0) is 13.5. The van der Waals surface area contributed by atoms with Crippen LogP contribution in [0.5, 0.6) is 5.88 Å². The highest BCUT2D eigenvalue weighted by molar-refractivity contribution is 6.18. The minimum atomic E-state index is -0.0925. The van der Waals surface area contributed by atoms with Gasteiger partial charge in [0.2, 0.25) is 11.8 Å². The molecule has 1 aromatic heterocycles. The Morgan fingerprint density at radius 1 is 1.56 bits per heavy atom. The van der Waals surface area contributed by atoms with Crippen molar-refractivity contribution >= 4 is 28.9 Å². The Balaban J connectivity index is 2.94. The molecule has 1 rings (SSSR count). The van der Waals surface area contributed by atoms with E-state index in [-0.39, 0.29) is 5.91 Å². The molecule has 0 unspecified atom stereocenters. The fourth-order valence-corrected chi connectivity index (χ4v) is 1.64. The minimum Gasteiger partial charge on any atom is -0.479 e. The Morgan fingerprint density at radius 2 is 2.28 bits per heavy atom. The number of anilines is 2. The van der Waals surface area contributed by atoms with Gasteiger partial charge in [0, 0.05) is 32.6 Å². The van der Waals surface area contributed by atoms with Gasteiger partial charge in [0.1, 0.15) is 5.69 Å². The molecule has 0 aromatic carbocycles. The number of pyridine rings is 1. The van der Waals surface area contributed by atoms with Crippen molar-refractivity contribution in [2.75, 3.05) is 37.3 Å². The number of ether oxygens (including phenoxy) is 1. The molecule has 0 atom stereocenters. The summed E-state index contributed by atoms with van der Waals surface area (Å²) >= 11 is 5.56. The highest BCUT2D eigenvalue weighted by atomic mass is 35.5. The third-order valence-electron chi connectivity index (χ3n) is 2.37. The van der Waals surface area contributed by atoms with Gasteiger partial charge in [-0.05, 0) is 12.5 Å². The van der Waals surface area contributed by atoms with Crippen LogP contribution in [0, 0.1) is 0 Å². The smallest absolute Gasteiger partial charge is 0.239 e. The van der Waals surface area contributed by atoms with E-state index in [2.05, 4.69) is 10.3 Å². The van der Waals surface area contributed by atoms with Crippen molar-refractivity contribution < 1.29 is 9.53 Å². The van der Waals surface area contributed by atoms with E-state index in [1.54, 1.807) is 6.20 Å². The number of carbonyl (C=O) groups is 1. The predicted octanol–water partition coefficient (Wildman–Crippen LogP) is 2.11. The molecular weight excluding hydrogens is 254 g/mol. The van der Waals surface area contributed by atoms with Crippen LogP contribution < -0.4 is 15.0 Å². The van der Waals surface area contributed by atoms with Gasteiger partial charge in [-0.1, -0.05) is 0 Å². The van der Waals surface area contributed by atoms with Gasteiger partial charge in [0.05, 0.1) is 12.8 Å². The SMILES string of the molecule is COc1nccc(N(C)C)c1NC(=O)CCCCl. The molecule has 0 bridgehead atoms. The molecule has 0 radical (unpaired) electrons. The molecule has 0 saturated heterocycles. The first-order chi connectivity index (χ1) is 8.60. The van der Waals surface area contributed by atoms with Crippen LogP contribution in [0.25, 0.3) is 0 Å². The highest BCUT2D eigenvalue weighted by Crippen LogP contribution is 2.32. The van der Waals surface area contributed by atoms with E-state index in [4.69, 9.17) is 16.3 Å². The highest BCUT2D eigenvalue weighted by Gasteiger charge is 2.14. The van der Waals surface area contributed by atoms with Gasteiger partial charge in [0.15, 0.2) is 0 Å². The van der Waals surface area contributed by atoms with Crippen molar-refractivity contribution in [2.24, 2.45) is 0 Å². The Hall–Kier alpha value is -1.49. The molecule has 1 heterocycles. The van der Waals surface area contributed by atoms with Crippen molar-refractivity contribution in [3.63, 3.8) is 0 Å². The molecule has 100 valence electrons. The van der Waals surface area contributed by atoms with E-state index in [1.165, 1.54) is 7.11 Å². The minimum absolute atomic E-state index is 0.0925. The molecule has 0 spiro atoms. The summed E-state index contributed by atoms with van der Waals surface area (Å²) in [7, 11) is 5.31. The summed E-state index contributed by atoms with van der Waals surface area (Å²) in [4.78, 5) is 17.7. The van der Waals surface area contributed by atoms with E-state index >= 15 is 0 Å². The Labute approximate surface area is 112 Å². The van der Waals surface area contributed by atoms with Crippen molar-refractivity contribution in [2.45, 2.75) is 12.8 Å². The van der Waals surface area contributed by atoms with Crippen LogP contribution in [0.3, 0.4) is 0 Å². The lowest BCUT2D eigenvalue weighted by Gasteiger charge is -2.19. The lowest BCUT2D eigenvalue weighted by molar-refractivity contribution is -0.116. The number of rotatable bonds is 6. The number of halogens is 1. The second-order valence-corrected chi connectivity index (χ2v) is 4.33. The van der Waals surface area contributed by atoms with Gasteiger partial charge < -0.3 is 15.0 Å². The normalized spacial score (nSPS) is 10.0. The predicted molar refractivity (Wildman–Crippen MR) is 73.7 cm³/mol. The van der Waals surface area contributed by atoms with Crippen molar-refractivity contribution in [1.82, 2.24) is 4.98 Å². The van der Waals surface area contributed by atoms with E-state index in [9.17, 15) is 4.79 Å². The van der Waals surface area contributed by atoms with Crippen LogP contribution >= 0.6 is 11.6 Å². The van der Waals surface area contributed by atoms with Gasteiger partial charge in [0.25, 0.3) is 0 Å². The van der Waals surface area contributed by atoms with Crippen molar-refractivity contribution in [3.05, 3.63) is 12.3 Å². The molecule has 0 aliphatic heterocycles. The number of carbonyl (C=O) groups excluding carboxylic acids is 1. The first kappa shape index (κ1) is 14.6. The summed E-state index contributed by atoms with van der Waals surface area (Å²) in [6.45, 7) is 0. The van der Waals surface area contributed by atoms with Gasteiger partial charge >= 0.3 is 0 Å². The molecule has 0 aliphatic rings. The van der Waals surface area contributed by atoms with E-state index in [1.807, 2.05) is 25.1 Å². The standard InChI is InChI=1S/C12H18ClN3O2/c1-16(2)9-6-8-14-12(18-3)11(9)15-10(17)5-4-7-13/h6,8H,4-5,7H2,1-3H3,(H,15,17). The fourth-order valence-electron chi connectivity index (χ4n) is 1.51. The zero-order valence-electron chi connectivity index (χ0n) is 10.9.